The average molecular weight is 187 g/mol. The third-order valence-corrected chi connectivity index (χ3v) is 2.68. The lowest BCUT2D eigenvalue weighted by Gasteiger charge is -2.20. The van der Waals surface area contributed by atoms with E-state index in [-0.39, 0.29) is 0 Å². The van der Waals surface area contributed by atoms with E-state index in [0.29, 0.717) is 12.0 Å². The van der Waals surface area contributed by atoms with Gasteiger partial charge in [0.2, 0.25) is 0 Å². The maximum absolute atomic E-state index is 6.07. The van der Waals surface area contributed by atoms with Crippen LogP contribution >= 0.6 is 0 Å². The van der Waals surface area contributed by atoms with E-state index in [2.05, 4.69) is 13.8 Å². The lowest BCUT2D eigenvalue weighted by molar-refractivity contribution is 0.139. The summed E-state index contributed by atoms with van der Waals surface area (Å²) in [5.41, 5.74) is 6.07. The summed E-state index contributed by atoms with van der Waals surface area (Å²) in [6, 6.07) is 0.371. The predicted molar refractivity (Wildman–Crippen MR) is 57.8 cm³/mol. The third kappa shape index (κ3) is 6.05. The minimum atomic E-state index is 0.371. The minimum absolute atomic E-state index is 0.371. The highest BCUT2D eigenvalue weighted by molar-refractivity contribution is 4.70. The van der Waals surface area contributed by atoms with E-state index in [4.69, 9.17) is 10.5 Å². The smallest absolute Gasteiger partial charge is 0.0466 e. The van der Waals surface area contributed by atoms with E-state index >= 15 is 0 Å². The van der Waals surface area contributed by atoms with Crippen LogP contribution in [0.5, 0.6) is 0 Å². The van der Waals surface area contributed by atoms with E-state index in [1.54, 1.807) is 0 Å². The van der Waals surface area contributed by atoms with Crippen LogP contribution in [-0.4, -0.2) is 19.3 Å². The summed E-state index contributed by atoms with van der Waals surface area (Å²) in [4.78, 5) is 0. The highest BCUT2D eigenvalue weighted by Gasteiger charge is 2.12. The third-order valence-electron chi connectivity index (χ3n) is 2.68. The molecule has 2 N–H and O–H groups in total. The molecule has 0 radical (unpaired) electrons. The molecule has 0 aliphatic heterocycles. The van der Waals surface area contributed by atoms with Crippen LogP contribution in [0.2, 0.25) is 0 Å². The number of ether oxygens (including phenoxy) is 1. The highest BCUT2D eigenvalue weighted by atomic mass is 16.5. The Labute approximate surface area is 82.8 Å². The maximum Gasteiger partial charge on any atom is 0.0466 e. The van der Waals surface area contributed by atoms with Crippen molar-refractivity contribution in [3.05, 3.63) is 0 Å². The lowest BCUT2D eigenvalue weighted by atomic mass is 9.92. The summed E-state index contributed by atoms with van der Waals surface area (Å²) in [5.74, 6) is 0.696. The van der Waals surface area contributed by atoms with Crippen LogP contribution in [0.4, 0.5) is 0 Å². The Bertz CT molecular complexity index is 102. The van der Waals surface area contributed by atoms with Gasteiger partial charge < -0.3 is 10.5 Å². The van der Waals surface area contributed by atoms with Gasteiger partial charge in [-0.25, -0.2) is 0 Å². The largest absolute Gasteiger partial charge is 0.382 e. The molecule has 0 fully saturated rings. The second kappa shape index (κ2) is 8.52. The fourth-order valence-electron chi connectivity index (χ4n) is 1.70. The van der Waals surface area contributed by atoms with Crippen molar-refractivity contribution >= 4 is 0 Å². The zero-order valence-corrected chi connectivity index (χ0v) is 9.38. The standard InChI is InChI=1S/C11H25NO/c1-4-10(5-2)11(12)8-7-9-13-6-3/h10-11H,4-9,12H2,1-3H3. The Kier molecular flexibility index (Phi) is 8.46. The average Bonchev–Trinajstić information content (AvgIpc) is 2.14. The van der Waals surface area contributed by atoms with Crippen LogP contribution in [0, 0.1) is 5.92 Å². The van der Waals surface area contributed by atoms with Crippen LogP contribution in [0.25, 0.3) is 0 Å². The first kappa shape index (κ1) is 12.9. The highest BCUT2D eigenvalue weighted by Crippen LogP contribution is 2.14. The summed E-state index contributed by atoms with van der Waals surface area (Å²) in [7, 11) is 0. The van der Waals surface area contributed by atoms with Crippen molar-refractivity contribution in [1.82, 2.24) is 0 Å². The first-order valence-corrected chi connectivity index (χ1v) is 5.59. The van der Waals surface area contributed by atoms with Crippen molar-refractivity contribution in [2.24, 2.45) is 11.7 Å². The normalized spacial score (nSPS) is 13.6. The van der Waals surface area contributed by atoms with Gasteiger partial charge in [-0.3, -0.25) is 0 Å². The topological polar surface area (TPSA) is 35.2 Å². The number of hydrogen-bond donors (Lipinski definition) is 1. The molecule has 0 aliphatic rings. The molecule has 0 saturated heterocycles. The van der Waals surface area contributed by atoms with E-state index in [1.807, 2.05) is 6.92 Å². The van der Waals surface area contributed by atoms with Crippen molar-refractivity contribution in [2.45, 2.75) is 52.5 Å². The molecule has 2 heteroatoms. The number of hydrogen-bond acceptors (Lipinski definition) is 2. The SMILES string of the molecule is CCOCCCC(N)C(CC)CC. The van der Waals surface area contributed by atoms with E-state index in [0.717, 1.165) is 26.1 Å². The molecule has 0 aromatic rings. The lowest BCUT2D eigenvalue weighted by Crippen LogP contribution is -2.29. The molecule has 13 heavy (non-hydrogen) atoms. The first-order chi connectivity index (χ1) is 6.26. The van der Waals surface area contributed by atoms with Crippen LogP contribution in [0.3, 0.4) is 0 Å². The summed E-state index contributed by atoms with van der Waals surface area (Å²) in [6.45, 7) is 8.15. The van der Waals surface area contributed by atoms with Crippen molar-refractivity contribution < 1.29 is 4.74 Å². The molecular formula is C11H25NO. The molecule has 0 aliphatic carbocycles. The Hall–Kier alpha value is -0.0800. The maximum atomic E-state index is 6.07. The summed E-state index contributed by atoms with van der Waals surface area (Å²) in [5, 5.41) is 0. The Morgan fingerprint density at radius 2 is 1.77 bits per heavy atom. The van der Waals surface area contributed by atoms with Crippen LogP contribution in [-0.2, 0) is 4.74 Å². The van der Waals surface area contributed by atoms with Crippen LogP contribution in [0.15, 0.2) is 0 Å². The van der Waals surface area contributed by atoms with E-state index < -0.39 is 0 Å². The van der Waals surface area contributed by atoms with Crippen LogP contribution < -0.4 is 5.73 Å². The molecule has 1 unspecified atom stereocenters. The number of rotatable bonds is 8. The Morgan fingerprint density at radius 1 is 1.15 bits per heavy atom. The van der Waals surface area contributed by atoms with Gasteiger partial charge in [0.1, 0.15) is 0 Å². The van der Waals surface area contributed by atoms with Crippen molar-refractivity contribution in [2.75, 3.05) is 13.2 Å². The Balaban J connectivity index is 3.42. The van der Waals surface area contributed by atoms with Crippen molar-refractivity contribution in [1.29, 1.82) is 0 Å². The van der Waals surface area contributed by atoms with Gasteiger partial charge >= 0.3 is 0 Å². The molecule has 0 saturated carbocycles. The molecule has 0 aromatic carbocycles. The van der Waals surface area contributed by atoms with Gasteiger partial charge in [0.15, 0.2) is 0 Å². The number of nitrogens with two attached hydrogens (primary N) is 1. The first-order valence-electron chi connectivity index (χ1n) is 5.59. The Morgan fingerprint density at radius 3 is 2.23 bits per heavy atom. The van der Waals surface area contributed by atoms with E-state index in [9.17, 15) is 0 Å². The zero-order valence-electron chi connectivity index (χ0n) is 9.38. The molecule has 0 amide bonds. The second-order valence-electron chi connectivity index (χ2n) is 3.58. The predicted octanol–water partition coefficient (Wildman–Crippen LogP) is 2.57. The van der Waals surface area contributed by atoms with Gasteiger partial charge in [-0.05, 0) is 25.7 Å². The zero-order chi connectivity index (χ0) is 10.1. The second-order valence-corrected chi connectivity index (χ2v) is 3.58. The molecule has 80 valence electrons. The monoisotopic (exact) mass is 187 g/mol. The summed E-state index contributed by atoms with van der Waals surface area (Å²) < 4.78 is 5.28. The van der Waals surface area contributed by atoms with Crippen molar-refractivity contribution in [3.63, 3.8) is 0 Å². The molecule has 0 rings (SSSR count). The molecule has 0 bridgehead atoms. The van der Waals surface area contributed by atoms with Crippen molar-refractivity contribution in [3.8, 4) is 0 Å². The fourth-order valence-corrected chi connectivity index (χ4v) is 1.70. The molecule has 0 spiro atoms. The van der Waals surface area contributed by atoms with Gasteiger partial charge in [0, 0.05) is 19.3 Å². The quantitative estimate of drug-likeness (QED) is 0.593. The van der Waals surface area contributed by atoms with Gasteiger partial charge in [0.05, 0.1) is 0 Å². The molecule has 1 atom stereocenters. The van der Waals surface area contributed by atoms with Gasteiger partial charge in [-0.2, -0.15) is 0 Å². The van der Waals surface area contributed by atoms with Gasteiger partial charge in [-0.1, -0.05) is 26.7 Å². The van der Waals surface area contributed by atoms with Gasteiger partial charge in [0.25, 0.3) is 0 Å². The van der Waals surface area contributed by atoms with E-state index in [1.165, 1.54) is 12.8 Å². The summed E-state index contributed by atoms with van der Waals surface area (Å²) >= 11 is 0. The molecule has 0 aromatic heterocycles. The minimum Gasteiger partial charge on any atom is -0.382 e. The molecule has 2 nitrogen and oxygen atoms in total. The fraction of sp³-hybridized carbons (Fsp3) is 1.00. The van der Waals surface area contributed by atoms with Gasteiger partial charge in [-0.15, -0.1) is 0 Å². The molecular weight excluding hydrogens is 162 g/mol. The molecule has 0 heterocycles. The van der Waals surface area contributed by atoms with Crippen LogP contribution in [0.1, 0.15) is 46.5 Å². The summed E-state index contributed by atoms with van der Waals surface area (Å²) in [6.07, 6.45) is 4.61.